The smallest absolute Gasteiger partial charge is 0.142 e. The molecule has 24 heavy (non-hydrogen) atoms. The van der Waals surface area contributed by atoms with Crippen molar-refractivity contribution in [3.8, 4) is 0 Å². The third kappa shape index (κ3) is 2.20. The third-order valence-electron chi connectivity index (χ3n) is 8.83. The summed E-state index contributed by atoms with van der Waals surface area (Å²) in [4.78, 5) is 10.9. The van der Waals surface area contributed by atoms with Crippen LogP contribution in [0.25, 0.3) is 0 Å². The van der Waals surface area contributed by atoms with Gasteiger partial charge in [-0.2, -0.15) is 0 Å². The zero-order chi connectivity index (χ0) is 17.1. The van der Waals surface area contributed by atoms with Gasteiger partial charge in [-0.1, -0.05) is 19.4 Å². The molecule has 4 aliphatic carbocycles. The summed E-state index contributed by atoms with van der Waals surface area (Å²) in [7, 11) is 0. The van der Waals surface area contributed by atoms with Crippen molar-refractivity contribution in [3.05, 3.63) is 11.6 Å². The molecule has 0 aromatic carbocycles. The molecular weight excluding hydrogens is 300 g/mol. The van der Waals surface area contributed by atoms with Gasteiger partial charge in [-0.3, -0.25) is 4.79 Å². The lowest BCUT2D eigenvalue weighted by atomic mass is 9.44. The number of fused-ring (bicyclic) bond motifs is 5. The molecule has 0 heterocycles. The van der Waals surface area contributed by atoms with Crippen LogP contribution in [0.3, 0.4) is 0 Å². The molecule has 4 saturated carbocycles. The van der Waals surface area contributed by atoms with Crippen molar-refractivity contribution in [1.29, 1.82) is 0 Å². The molecule has 0 spiro atoms. The summed E-state index contributed by atoms with van der Waals surface area (Å²) in [6.07, 6.45) is 10.5. The van der Waals surface area contributed by atoms with Crippen LogP contribution in [0.5, 0.6) is 0 Å². The molecule has 3 nitrogen and oxygen atoms in total. The van der Waals surface area contributed by atoms with Crippen LogP contribution in [0.4, 0.5) is 0 Å². The molecule has 0 amide bonds. The SMILES string of the molecule is C[C@]12CC/C(=C\C=O)C[C@@H]1[C@@H](O)C[C@@H]1[C@@H]2CC[C@]2(C)[C@@H](O)CC[C@@H]12. The van der Waals surface area contributed by atoms with Crippen LogP contribution < -0.4 is 0 Å². The second-order valence-electron chi connectivity index (χ2n) is 9.59. The molecule has 0 aromatic heterocycles. The minimum Gasteiger partial charge on any atom is -0.393 e. The Hall–Kier alpha value is -0.670. The molecule has 0 radical (unpaired) electrons. The van der Waals surface area contributed by atoms with Gasteiger partial charge in [0.25, 0.3) is 0 Å². The van der Waals surface area contributed by atoms with Gasteiger partial charge in [0.15, 0.2) is 0 Å². The summed E-state index contributed by atoms with van der Waals surface area (Å²) in [5.74, 6) is 2.11. The van der Waals surface area contributed by atoms with Gasteiger partial charge in [-0.25, -0.2) is 0 Å². The highest BCUT2D eigenvalue weighted by atomic mass is 16.3. The van der Waals surface area contributed by atoms with Crippen LogP contribution >= 0.6 is 0 Å². The maximum Gasteiger partial charge on any atom is 0.142 e. The zero-order valence-corrected chi connectivity index (χ0v) is 15.1. The van der Waals surface area contributed by atoms with Gasteiger partial charge in [0.05, 0.1) is 12.2 Å². The Bertz CT molecular complexity index is 555. The van der Waals surface area contributed by atoms with E-state index in [0.29, 0.717) is 23.7 Å². The Kier molecular flexibility index (Phi) is 3.96. The van der Waals surface area contributed by atoms with E-state index in [1.165, 1.54) is 12.0 Å². The maximum absolute atomic E-state index is 11.0. The first-order valence-corrected chi connectivity index (χ1v) is 9.89. The van der Waals surface area contributed by atoms with Gasteiger partial charge >= 0.3 is 0 Å². The second kappa shape index (κ2) is 5.67. The van der Waals surface area contributed by atoms with E-state index >= 15 is 0 Å². The number of aliphatic hydroxyl groups is 2. The first-order valence-electron chi connectivity index (χ1n) is 9.89. The van der Waals surface area contributed by atoms with Crippen LogP contribution in [-0.2, 0) is 4.79 Å². The van der Waals surface area contributed by atoms with E-state index in [-0.39, 0.29) is 23.0 Å². The van der Waals surface area contributed by atoms with Crippen LogP contribution in [0.1, 0.15) is 65.2 Å². The Morgan fingerprint density at radius 2 is 1.75 bits per heavy atom. The molecule has 0 aromatic rings. The standard InChI is InChI=1S/C21H32O3/c1-20-8-5-13(7-10-22)11-17(20)18(23)12-14-15-3-4-19(24)21(15,2)9-6-16(14)20/h7,10,14-19,23-24H,3-6,8-9,11-12H2,1-2H3/b13-7+/t14-,15-,16-,17+,18-,19-,20+,21-/m0/s1. The van der Waals surface area contributed by atoms with Crippen molar-refractivity contribution < 1.29 is 15.0 Å². The second-order valence-corrected chi connectivity index (χ2v) is 9.59. The topological polar surface area (TPSA) is 57.5 Å². The van der Waals surface area contributed by atoms with E-state index in [9.17, 15) is 15.0 Å². The first-order chi connectivity index (χ1) is 11.4. The van der Waals surface area contributed by atoms with Crippen molar-refractivity contribution in [1.82, 2.24) is 0 Å². The average molecular weight is 332 g/mol. The molecule has 0 aliphatic heterocycles. The highest BCUT2D eigenvalue weighted by Crippen LogP contribution is 2.66. The van der Waals surface area contributed by atoms with Crippen LogP contribution in [0.2, 0.25) is 0 Å². The summed E-state index contributed by atoms with van der Waals surface area (Å²) in [5.41, 5.74) is 1.49. The molecule has 4 aliphatic rings. The lowest BCUT2D eigenvalue weighted by Crippen LogP contribution is -2.57. The number of carbonyl (C=O) groups is 1. The van der Waals surface area contributed by atoms with Gasteiger partial charge in [0.1, 0.15) is 6.29 Å². The fourth-order valence-corrected chi connectivity index (χ4v) is 7.37. The monoisotopic (exact) mass is 332 g/mol. The predicted molar refractivity (Wildman–Crippen MR) is 93.3 cm³/mol. The fraction of sp³-hybridized carbons (Fsp3) is 0.857. The number of carbonyl (C=O) groups excluding carboxylic acids is 1. The van der Waals surface area contributed by atoms with Crippen molar-refractivity contribution in [2.75, 3.05) is 0 Å². The van der Waals surface area contributed by atoms with Crippen LogP contribution in [0.15, 0.2) is 11.6 Å². The first kappa shape index (κ1) is 16.8. The maximum atomic E-state index is 11.0. The summed E-state index contributed by atoms with van der Waals surface area (Å²) >= 11 is 0. The molecule has 3 heteroatoms. The summed E-state index contributed by atoms with van der Waals surface area (Å²) < 4.78 is 0. The number of allylic oxidation sites excluding steroid dienone is 2. The largest absolute Gasteiger partial charge is 0.393 e. The van der Waals surface area contributed by atoms with E-state index in [2.05, 4.69) is 13.8 Å². The molecule has 4 rings (SSSR count). The summed E-state index contributed by atoms with van der Waals surface area (Å²) in [5, 5.41) is 21.5. The predicted octanol–water partition coefficient (Wildman–Crippen LogP) is 3.49. The number of hydrogen-bond acceptors (Lipinski definition) is 3. The minimum atomic E-state index is -0.258. The van der Waals surface area contributed by atoms with Gasteiger partial charge < -0.3 is 10.2 Å². The van der Waals surface area contributed by atoms with Crippen LogP contribution in [0, 0.1) is 34.5 Å². The Balaban J connectivity index is 1.64. The highest BCUT2D eigenvalue weighted by Gasteiger charge is 2.61. The Labute approximate surface area is 145 Å². The van der Waals surface area contributed by atoms with Crippen molar-refractivity contribution in [2.24, 2.45) is 34.5 Å². The molecule has 0 bridgehead atoms. The number of rotatable bonds is 1. The summed E-state index contributed by atoms with van der Waals surface area (Å²) in [6, 6.07) is 0. The molecule has 134 valence electrons. The van der Waals surface area contributed by atoms with Gasteiger partial charge in [-0.15, -0.1) is 0 Å². The zero-order valence-electron chi connectivity index (χ0n) is 15.1. The molecule has 0 saturated heterocycles. The average Bonchev–Trinajstić information content (AvgIpc) is 2.85. The van der Waals surface area contributed by atoms with Crippen molar-refractivity contribution in [2.45, 2.75) is 77.4 Å². The number of aldehydes is 1. The fourth-order valence-electron chi connectivity index (χ4n) is 7.37. The molecule has 8 atom stereocenters. The van der Waals surface area contributed by atoms with Crippen molar-refractivity contribution in [3.63, 3.8) is 0 Å². The molecule has 4 fully saturated rings. The van der Waals surface area contributed by atoms with Crippen molar-refractivity contribution >= 4 is 6.29 Å². The number of aliphatic hydroxyl groups excluding tert-OH is 2. The van der Waals surface area contributed by atoms with E-state index in [1.54, 1.807) is 6.08 Å². The van der Waals surface area contributed by atoms with Crippen LogP contribution in [-0.4, -0.2) is 28.7 Å². The van der Waals surface area contributed by atoms with E-state index in [4.69, 9.17) is 0 Å². The molecule has 0 unspecified atom stereocenters. The van der Waals surface area contributed by atoms with E-state index in [1.807, 2.05) is 0 Å². The normalized spacial score (nSPS) is 55.6. The lowest BCUT2D eigenvalue weighted by Gasteiger charge is -2.61. The van der Waals surface area contributed by atoms with Gasteiger partial charge in [0.2, 0.25) is 0 Å². The summed E-state index contributed by atoms with van der Waals surface area (Å²) in [6.45, 7) is 4.70. The Morgan fingerprint density at radius 3 is 2.50 bits per heavy atom. The van der Waals surface area contributed by atoms with E-state index in [0.717, 1.165) is 51.2 Å². The number of hydrogen-bond donors (Lipinski definition) is 2. The molecule has 2 N–H and O–H groups in total. The lowest BCUT2D eigenvalue weighted by molar-refractivity contribution is -0.156. The third-order valence-corrected chi connectivity index (χ3v) is 8.83. The van der Waals surface area contributed by atoms with E-state index < -0.39 is 0 Å². The van der Waals surface area contributed by atoms with Gasteiger partial charge in [0, 0.05) is 0 Å². The Morgan fingerprint density at radius 1 is 1.00 bits per heavy atom. The molecular formula is C21H32O3. The highest BCUT2D eigenvalue weighted by molar-refractivity contribution is 5.66. The quantitative estimate of drug-likeness (QED) is 0.571. The minimum absolute atomic E-state index is 0.0708. The van der Waals surface area contributed by atoms with Gasteiger partial charge in [-0.05, 0) is 91.9 Å².